The molecule has 19 heavy (non-hydrogen) atoms. The molecule has 1 aliphatic heterocycles. The summed E-state index contributed by atoms with van der Waals surface area (Å²) in [6.07, 6.45) is -3.27. The first kappa shape index (κ1) is 12.5. The Morgan fingerprint density at radius 2 is 2.11 bits per heavy atom. The van der Waals surface area contributed by atoms with Gasteiger partial charge >= 0.3 is 6.18 Å². The minimum atomic E-state index is -4.32. The molecule has 102 valence electrons. The van der Waals surface area contributed by atoms with Crippen LogP contribution < -0.4 is 5.32 Å². The first-order valence-corrected chi connectivity index (χ1v) is 6.25. The van der Waals surface area contributed by atoms with Crippen LogP contribution in [-0.2, 0) is 6.18 Å². The van der Waals surface area contributed by atoms with Crippen molar-refractivity contribution >= 4 is 11.0 Å². The van der Waals surface area contributed by atoms with Gasteiger partial charge in [-0.15, -0.1) is 0 Å². The van der Waals surface area contributed by atoms with E-state index in [-0.39, 0.29) is 6.04 Å². The summed E-state index contributed by atoms with van der Waals surface area (Å²) in [6.45, 7) is 3.02. The van der Waals surface area contributed by atoms with Crippen molar-refractivity contribution in [3.05, 3.63) is 29.6 Å². The molecule has 0 radical (unpaired) electrons. The third kappa shape index (κ3) is 2.20. The molecule has 3 rings (SSSR count). The zero-order valence-electron chi connectivity index (χ0n) is 10.4. The van der Waals surface area contributed by atoms with E-state index in [1.165, 1.54) is 6.07 Å². The van der Waals surface area contributed by atoms with Gasteiger partial charge in [-0.3, -0.25) is 0 Å². The van der Waals surface area contributed by atoms with Gasteiger partial charge in [-0.1, -0.05) is 6.92 Å². The van der Waals surface area contributed by atoms with E-state index in [0.717, 1.165) is 30.9 Å². The number of H-pyrrole nitrogens is 1. The second-order valence-corrected chi connectivity index (χ2v) is 5.05. The number of benzene rings is 1. The van der Waals surface area contributed by atoms with E-state index in [2.05, 4.69) is 22.2 Å². The number of rotatable bonds is 1. The molecule has 3 nitrogen and oxygen atoms in total. The molecule has 1 fully saturated rings. The van der Waals surface area contributed by atoms with Crippen LogP contribution in [0.5, 0.6) is 0 Å². The van der Waals surface area contributed by atoms with Gasteiger partial charge in [0.15, 0.2) is 0 Å². The Kier molecular flexibility index (Phi) is 2.78. The summed E-state index contributed by atoms with van der Waals surface area (Å²) in [5.74, 6) is 1.15. The summed E-state index contributed by atoms with van der Waals surface area (Å²) in [4.78, 5) is 7.39. The van der Waals surface area contributed by atoms with Crippen molar-refractivity contribution in [3.63, 3.8) is 0 Å². The fourth-order valence-corrected chi connectivity index (χ4v) is 2.55. The number of nitrogens with one attached hydrogen (secondary N) is 2. The number of alkyl halides is 3. The fraction of sp³-hybridized carbons (Fsp3) is 0.462. The molecule has 1 aromatic heterocycles. The maximum absolute atomic E-state index is 12.6. The number of imidazole rings is 1. The van der Waals surface area contributed by atoms with Gasteiger partial charge in [0.1, 0.15) is 5.82 Å². The monoisotopic (exact) mass is 269 g/mol. The van der Waals surface area contributed by atoms with Crippen molar-refractivity contribution in [2.24, 2.45) is 5.92 Å². The molecule has 1 aromatic carbocycles. The van der Waals surface area contributed by atoms with Crippen LogP contribution in [0.2, 0.25) is 0 Å². The first-order valence-electron chi connectivity index (χ1n) is 6.25. The van der Waals surface area contributed by atoms with Gasteiger partial charge in [0.05, 0.1) is 22.6 Å². The molecule has 1 aliphatic rings. The second-order valence-electron chi connectivity index (χ2n) is 5.05. The van der Waals surface area contributed by atoms with Crippen molar-refractivity contribution in [3.8, 4) is 0 Å². The summed E-state index contributed by atoms with van der Waals surface area (Å²) in [5, 5.41) is 3.31. The lowest BCUT2D eigenvalue weighted by molar-refractivity contribution is -0.137. The van der Waals surface area contributed by atoms with E-state index < -0.39 is 11.7 Å². The number of nitrogens with zero attached hydrogens (tertiary/aromatic N) is 1. The molecule has 0 saturated carbocycles. The third-order valence-corrected chi connectivity index (χ3v) is 3.66. The number of halogens is 3. The van der Waals surface area contributed by atoms with Crippen molar-refractivity contribution in [2.45, 2.75) is 25.6 Å². The molecule has 2 heterocycles. The van der Waals surface area contributed by atoms with Crippen LogP contribution in [0.25, 0.3) is 11.0 Å². The average molecular weight is 269 g/mol. The van der Waals surface area contributed by atoms with Gasteiger partial charge in [0, 0.05) is 0 Å². The number of aromatic amines is 1. The fourth-order valence-electron chi connectivity index (χ4n) is 2.55. The lowest BCUT2D eigenvalue weighted by Gasteiger charge is -2.11. The zero-order chi connectivity index (χ0) is 13.6. The summed E-state index contributed by atoms with van der Waals surface area (Å²) in [5.41, 5.74) is 0.359. The standard InChI is InChI=1S/C13H14F3N3/c1-7-4-5-17-11(7)12-18-9-3-2-8(13(14,15)16)6-10(9)19-12/h2-3,6-7,11,17H,4-5H2,1H3,(H,18,19). The highest BCUT2D eigenvalue weighted by Gasteiger charge is 2.31. The summed E-state index contributed by atoms with van der Waals surface area (Å²) >= 11 is 0. The molecule has 0 bridgehead atoms. The Morgan fingerprint density at radius 3 is 2.74 bits per heavy atom. The molecular formula is C13H14F3N3. The number of aromatic nitrogens is 2. The molecule has 0 spiro atoms. The van der Waals surface area contributed by atoms with Gasteiger partial charge < -0.3 is 10.3 Å². The van der Waals surface area contributed by atoms with Gasteiger partial charge in [0.25, 0.3) is 0 Å². The van der Waals surface area contributed by atoms with E-state index >= 15 is 0 Å². The average Bonchev–Trinajstić information content (AvgIpc) is 2.91. The van der Waals surface area contributed by atoms with E-state index in [1.807, 2.05) is 0 Å². The predicted octanol–water partition coefficient (Wildman–Crippen LogP) is 3.25. The third-order valence-electron chi connectivity index (χ3n) is 3.66. The van der Waals surface area contributed by atoms with Crippen molar-refractivity contribution in [1.82, 2.24) is 15.3 Å². The first-order chi connectivity index (χ1) is 8.95. The van der Waals surface area contributed by atoms with Crippen LogP contribution in [-0.4, -0.2) is 16.5 Å². The Labute approximate surface area is 108 Å². The maximum atomic E-state index is 12.6. The molecule has 2 atom stereocenters. The number of fused-ring (bicyclic) bond motifs is 1. The smallest absolute Gasteiger partial charge is 0.341 e. The van der Waals surface area contributed by atoms with Crippen LogP contribution in [0.3, 0.4) is 0 Å². The van der Waals surface area contributed by atoms with Crippen LogP contribution in [0, 0.1) is 5.92 Å². The van der Waals surface area contributed by atoms with Gasteiger partial charge in [-0.25, -0.2) is 4.98 Å². The molecule has 6 heteroatoms. The zero-order valence-corrected chi connectivity index (χ0v) is 10.4. The van der Waals surface area contributed by atoms with E-state index in [1.54, 1.807) is 0 Å². The van der Waals surface area contributed by atoms with Crippen molar-refractivity contribution in [2.75, 3.05) is 6.54 Å². The Morgan fingerprint density at radius 1 is 1.32 bits per heavy atom. The highest BCUT2D eigenvalue weighted by Crippen LogP contribution is 2.32. The summed E-state index contributed by atoms with van der Waals surface area (Å²) in [6, 6.07) is 3.70. The van der Waals surface area contributed by atoms with Crippen molar-refractivity contribution in [1.29, 1.82) is 0 Å². The molecular weight excluding hydrogens is 255 g/mol. The minimum absolute atomic E-state index is 0.0988. The van der Waals surface area contributed by atoms with Gasteiger partial charge in [-0.05, 0) is 37.1 Å². The van der Waals surface area contributed by atoms with E-state index in [9.17, 15) is 13.2 Å². The Bertz CT molecular complexity index is 603. The minimum Gasteiger partial charge on any atom is -0.341 e. The quantitative estimate of drug-likeness (QED) is 0.834. The molecule has 0 amide bonds. The predicted molar refractivity (Wildman–Crippen MR) is 65.6 cm³/mol. The molecule has 1 saturated heterocycles. The van der Waals surface area contributed by atoms with Gasteiger partial charge in [0.2, 0.25) is 0 Å². The summed E-state index contributed by atoms with van der Waals surface area (Å²) in [7, 11) is 0. The number of hydrogen-bond donors (Lipinski definition) is 2. The van der Waals surface area contributed by atoms with Crippen LogP contribution in [0.15, 0.2) is 18.2 Å². The van der Waals surface area contributed by atoms with Crippen molar-refractivity contribution < 1.29 is 13.2 Å². The molecule has 2 N–H and O–H groups in total. The van der Waals surface area contributed by atoms with Crippen LogP contribution >= 0.6 is 0 Å². The van der Waals surface area contributed by atoms with E-state index in [4.69, 9.17) is 0 Å². The SMILES string of the molecule is CC1CCNC1c1nc2ccc(C(F)(F)F)cc2[nH]1. The maximum Gasteiger partial charge on any atom is 0.416 e. The lowest BCUT2D eigenvalue weighted by Crippen LogP contribution is -2.17. The summed E-state index contributed by atoms with van der Waals surface area (Å²) < 4.78 is 37.9. The number of hydrogen-bond acceptors (Lipinski definition) is 2. The second kappa shape index (κ2) is 4.23. The molecule has 2 unspecified atom stereocenters. The topological polar surface area (TPSA) is 40.7 Å². The largest absolute Gasteiger partial charge is 0.416 e. The Balaban J connectivity index is 2.01. The van der Waals surface area contributed by atoms with E-state index in [0.29, 0.717) is 17.0 Å². The molecule has 2 aromatic rings. The highest BCUT2D eigenvalue weighted by molar-refractivity contribution is 5.76. The molecule has 0 aliphatic carbocycles. The van der Waals surface area contributed by atoms with Gasteiger partial charge in [-0.2, -0.15) is 13.2 Å². The Hall–Kier alpha value is -1.56. The van der Waals surface area contributed by atoms with Crippen LogP contribution in [0.1, 0.15) is 30.8 Å². The van der Waals surface area contributed by atoms with Crippen LogP contribution in [0.4, 0.5) is 13.2 Å². The normalized spacial score (nSPS) is 24.2. The lowest BCUT2D eigenvalue weighted by atomic mass is 10.0. The highest BCUT2D eigenvalue weighted by atomic mass is 19.4.